The number of rotatable bonds is 3. The van der Waals surface area contributed by atoms with Gasteiger partial charge >= 0.3 is 0 Å². The topological polar surface area (TPSA) is 89.6 Å². The molecular formula is C19H20F2N4O2S. The van der Waals surface area contributed by atoms with Gasteiger partial charge in [0.05, 0.1) is 19.0 Å². The Morgan fingerprint density at radius 1 is 1.43 bits per heavy atom. The molecule has 1 aromatic heterocycles. The zero-order valence-corrected chi connectivity index (χ0v) is 16.3. The number of nitrogens with zero attached hydrogens (tertiary/aromatic N) is 2. The second-order valence-electron chi connectivity index (χ2n) is 7.40. The van der Waals surface area contributed by atoms with Crippen molar-refractivity contribution in [1.82, 2.24) is 4.98 Å². The molecule has 1 amide bonds. The standard InChI is InChI=1S/C19H20F2N4O2S/c1-10-6-18(21)8-27-9-19(18,25-15(10)22)13-5-12(3-4-14(13)20)24-16(26)17-23-11(2)7-28-17/h3-5,7,10H,6,8-9H2,1-2H3,(H2,22,25)(H,24,26)/t10-,18-,19+/m0/s1. The maximum absolute atomic E-state index is 15.8. The number of fused-ring (bicyclic) bond motifs is 1. The number of amidine groups is 1. The fourth-order valence-electron chi connectivity index (χ4n) is 3.83. The lowest BCUT2D eigenvalue weighted by Crippen LogP contribution is -2.53. The van der Waals surface area contributed by atoms with Crippen LogP contribution in [-0.4, -0.2) is 35.6 Å². The number of alkyl halides is 1. The predicted molar refractivity (Wildman–Crippen MR) is 103 cm³/mol. The van der Waals surface area contributed by atoms with Gasteiger partial charge in [0, 0.05) is 28.2 Å². The van der Waals surface area contributed by atoms with Crippen LogP contribution >= 0.6 is 11.3 Å². The van der Waals surface area contributed by atoms with Gasteiger partial charge in [0.2, 0.25) is 0 Å². The fraction of sp³-hybridized carbons (Fsp3) is 0.421. The van der Waals surface area contributed by atoms with E-state index in [9.17, 15) is 9.18 Å². The number of ether oxygens (including phenoxy) is 1. The van der Waals surface area contributed by atoms with E-state index in [0.717, 1.165) is 5.69 Å². The summed E-state index contributed by atoms with van der Waals surface area (Å²) in [5.41, 5.74) is 3.64. The Labute approximate surface area is 164 Å². The largest absolute Gasteiger partial charge is 0.387 e. The number of anilines is 1. The van der Waals surface area contributed by atoms with E-state index in [1.165, 1.54) is 29.5 Å². The Morgan fingerprint density at radius 2 is 2.21 bits per heavy atom. The molecule has 3 N–H and O–H groups in total. The molecule has 2 aromatic rings. The maximum atomic E-state index is 15.8. The van der Waals surface area contributed by atoms with E-state index in [1.807, 2.05) is 0 Å². The van der Waals surface area contributed by atoms with Crippen molar-refractivity contribution in [3.8, 4) is 0 Å². The highest BCUT2D eigenvalue weighted by molar-refractivity contribution is 7.11. The smallest absolute Gasteiger partial charge is 0.284 e. The van der Waals surface area contributed by atoms with Crippen molar-refractivity contribution in [2.75, 3.05) is 18.5 Å². The van der Waals surface area contributed by atoms with Crippen molar-refractivity contribution in [2.45, 2.75) is 31.5 Å². The summed E-state index contributed by atoms with van der Waals surface area (Å²) in [6.07, 6.45) is 0.0940. The molecule has 0 bridgehead atoms. The number of aryl methyl sites for hydroxylation is 1. The molecular weight excluding hydrogens is 386 g/mol. The molecule has 2 aliphatic rings. The van der Waals surface area contributed by atoms with Gasteiger partial charge in [0.25, 0.3) is 5.91 Å². The van der Waals surface area contributed by atoms with E-state index in [4.69, 9.17) is 10.5 Å². The zero-order chi connectivity index (χ0) is 20.1. The van der Waals surface area contributed by atoms with Crippen LogP contribution < -0.4 is 11.1 Å². The molecule has 3 atom stereocenters. The highest BCUT2D eigenvalue weighted by Gasteiger charge is 2.62. The van der Waals surface area contributed by atoms with Crippen LogP contribution in [0.3, 0.4) is 0 Å². The van der Waals surface area contributed by atoms with E-state index in [0.29, 0.717) is 10.7 Å². The average Bonchev–Trinajstić information content (AvgIpc) is 3.21. The third-order valence-corrected chi connectivity index (χ3v) is 6.28. The van der Waals surface area contributed by atoms with E-state index in [1.54, 1.807) is 19.2 Å². The average molecular weight is 406 g/mol. The van der Waals surface area contributed by atoms with E-state index in [2.05, 4.69) is 15.3 Å². The number of carbonyl (C=O) groups excluding carboxylic acids is 1. The van der Waals surface area contributed by atoms with Crippen LogP contribution in [0.4, 0.5) is 14.5 Å². The van der Waals surface area contributed by atoms with Gasteiger partial charge in [0.15, 0.2) is 10.7 Å². The maximum Gasteiger partial charge on any atom is 0.284 e. The lowest BCUT2D eigenvalue weighted by atomic mass is 9.71. The van der Waals surface area contributed by atoms with E-state index >= 15 is 4.39 Å². The lowest BCUT2D eigenvalue weighted by molar-refractivity contribution is 0.0589. The Morgan fingerprint density at radius 3 is 2.93 bits per heavy atom. The van der Waals surface area contributed by atoms with Crippen LogP contribution in [0.2, 0.25) is 0 Å². The number of nitrogens with one attached hydrogen (secondary N) is 1. The SMILES string of the molecule is Cc1csc(C(=O)Nc2ccc(F)c([C@]34COC[C@@]3(F)C[C@H](C)C(N)=N4)c2)n1. The molecule has 0 radical (unpaired) electrons. The van der Waals surface area contributed by atoms with Gasteiger partial charge in [0.1, 0.15) is 11.4 Å². The summed E-state index contributed by atoms with van der Waals surface area (Å²) in [5.74, 6) is -1.03. The van der Waals surface area contributed by atoms with Crippen molar-refractivity contribution >= 4 is 28.8 Å². The van der Waals surface area contributed by atoms with Crippen LogP contribution in [0.1, 0.15) is 34.4 Å². The zero-order valence-electron chi connectivity index (χ0n) is 15.5. The van der Waals surface area contributed by atoms with Gasteiger partial charge in [-0.1, -0.05) is 6.92 Å². The van der Waals surface area contributed by atoms with Crippen molar-refractivity contribution in [3.05, 3.63) is 45.7 Å². The number of benzene rings is 1. The van der Waals surface area contributed by atoms with Crippen LogP contribution in [0.5, 0.6) is 0 Å². The molecule has 3 heterocycles. The van der Waals surface area contributed by atoms with E-state index in [-0.39, 0.29) is 37.0 Å². The van der Waals surface area contributed by atoms with Gasteiger partial charge in [-0.25, -0.2) is 13.8 Å². The monoisotopic (exact) mass is 406 g/mol. The number of aliphatic imine (C=N–C) groups is 1. The molecule has 4 rings (SSSR count). The first-order chi connectivity index (χ1) is 13.2. The van der Waals surface area contributed by atoms with Gasteiger partial charge in [-0.2, -0.15) is 0 Å². The highest BCUT2D eigenvalue weighted by Crippen LogP contribution is 2.51. The van der Waals surface area contributed by atoms with Gasteiger partial charge < -0.3 is 15.8 Å². The van der Waals surface area contributed by atoms with Crippen LogP contribution in [0.25, 0.3) is 0 Å². The van der Waals surface area contributed by atoms with Gasteiger partial charge in [-0.15, -0.1) is 11.3 Å². The van der Waals surface area contributed by atoms with Crippen LogP contribution in [0, 0.1) is 18.7 Å². The highest BCUT2D eigenvalue weighted by atomic mass is 32.1. The number of aromatic nitrogens is 1. The first-order valence-corrected chi connectivity index (χ1v) is 9.77. The second kappa shape index (κ2) is 6.59. The minimum Gasteiger partial charge on any atom is -0.387 e. The molecule has 148 valence electrons. The second-order valence-corrected chi connectivity index (χ2v) is 8.26. The summed E-state index contributed by atoms with van der Waals surface area (Å²) < 4.78 is 36.0. The number of carbonyl (C=O) groups is 1. The summed E-state index contributed by atoms with van der Waals surface area (Å²) in [5, 5.41) is 4.74. The quantitative estimate of drug-likeness (QED) is 0.819. The summed E-state index contributed by atoms with van der Waals surface area (Å²) >= 11 is 1.21. The van der Waals surface area contributed by atoms with Crippen LogP contribution in [0.15, 0.2) is 28.6 Å². The number of hydrogen-bond acceptors (Lipinski definition) is 6. The third-order valence-electron chi connectivity index (χ3n) is 5.32. The first kappa shape index (κ1) is 18.9. The Balaban J connectivity index is 1.74. The van der Waals surface area contributed by atoms with Crippen molar-refractivity contribution in [1.29, 1.82) is 0 Å². The Bertz CT molecular complexity index is 979. The molecule has 9 heteroatoms. The normalized spacial score (nSPS) is 29.3. The van der Waals surface area contributed by atoms with Crippen molar-refractivity contribution in [3.63, 3.8) is 0 Å². The molecule has 0 saturated carbocycles. The van der Waals surface area contributed by atoms with E-state index < -0.39 is 22.9 Å². The molecule has 0 unspecified atom stereocenters. The number of nitrogens with two attached hydrogens (primary N) is 1. The first-order valence-electron chi connectivity index (χ1n) is 8.89. The van der Waals surface area contributed by atoms with Crippen molar-refractivity contribution in [2.24, 2.45) is 16.6 Å². The molecule has 0 spiro atoms. The lowest BCUT2D eigenvalue weighted by Gasteiger charge is -2.41. The Hall–Kier alpha value is -2.39. The summed E-state index contributed by atoms with van der Waals surface area (Å²) in [4.78, 5) is 20.9. The third kappa shape index (κ3) is 2.89. The molecule has 1 fully saturated rings. The number of thiazole rings is 1. The number of hydrogen-bond donors (Lipinski definition) is 2. The predicted octanol–water partition coefficient (Wildman–Crippen LogP) is 3.17. The summed E-state index contributed by atoms with van der Waals surface area (Å²) in [6, 6.07) is 4.01. The minimum atomic E-state index is -1.87. The molecule has 1 aromatic carbocycles. The Kier molecular flexibility index (Phi) is 4.46. The van der Waals surface area contributed by atoms with Gasteiger partial charge in [-0.3, -0.25) is 9.79 Å². The summed E-state index contributed by atoms with van der Waals surface area (Å²) in [7, 11) is 0. The van der Waals surface area contributed by atoms with Crippen LogP contribution in [-0.2, 0) is 10.3 Å². The summed E-state index contributed by atoms with van der Waals surface area (Å²) in [6.45, 7) is 3.28. The minimum absolute atomic E-state index is 0.0236. The molecule has 0 aliphatic carbocycles. The number of amides is 1. The molecule has 28 heavy (non-hydrogen) atoms. The fourth-order valence-corrected chi connectivity index (χ4v) is 4.52. The van der Waals surface area contributed by atoms with Crippen molar-refractivity contribution < 1.29 is 18.3 Å². The molecule has 2 aliphatic heterocycles. The number of halogens is 2. The van der Waals surface area contributed by atoms with Gasteiger partial charge in [-0.05, 0) is 31.5 Å². The molecule has 1 saturated heterocycles. The molecule has 6 nitrogen and oxygen atoms in total.